The Morgan fingerprint density at radius 2 is 2.29 bits per heavy atom. The monoisotopic (exact) mass is 198 g/mol. The first-order valence-corrected chi connectivity index (χ1v) is 4.92. The van der Waals surface area contributed by atoms with E-state index in [4.69, 9.17) is 4.74 Å². The van der Waals surface area contributed by atoms with Gasteiger partial charge < -0.3 is 14.5 Å². The van der Waals surface area contributed by atoms with Gasteiger partial charge in [0.1, 0.15) is 0 Å². The minimum Gasteiger partial charge on any atom is -0.466 e. The Labute approximate surface area is 85.1 Å². The summed E-state index contributed by atoms with van der Waals surface area (Å²) >= 11 is 0. The molecule has 1 aliphatic heterocycles. The normalized spacial score (nSPS) is 17.4. The van der Waals surface area contributed by atoms with E-state index in [9.17, 15) is 4.79 Å². The van der Waals surface area contributed by atoms with Crippen LogP contribution in [-0.2, 0) is 9.53 Å². The van der Waals surface area contributed by atoms with Gasteiger partial charge in [-0.2, -0.15) is 0 Å². The maximum Gasteiger partial charge on any atom is 0.310 e. The van der Waals surface area contributed by atoms with Crippen molar-refractivity contribution < 1.29 is 9.53 Å². The maximum atomic E-state index is 11.3. The Bertz CT molecular complexity index is 228. The standard InChI is InChI=1S/C10H18N2O2/c1-4-14-10(13)9(2)7-12-6-5-11(3)8-12/h5-6,9H,4,7-8H2,1-3H3. The lowest BCUT2D eigenvalue weighted by molar-refractivity contribution is -0.147. The summed E-state index contributed by atoms with van der Waals surface area (Å²) in [6.45, 7) is 5.75. The highest BCUT2D eigenvalue weighted by molar-refractivity contribution is 5.72. The smallest absolute Gasteiger partial charge is 0.310 e. The topological polar surface area (TPSA) is 32.8 Å². The van der Waals surface area contributed by atoms with E-state index in [2.05, 4.69) is 9.80 Å². The van der Waals surface area contributed by atoms with Crippen LogP contribution >= 0.6 is 0 Å². The van der Waals surface area contributed by atoms with Crippen molar-refractivity contribution in [1.29, 1.82) is 0 Å². The second-order valence-electron chi connectivity index (χ2n) is 3.62. The lowest BCUT2D eigenvalue weighted by atomic mass is 10.2. The number of nitrogens with zero attached hydrogens (tertiary/aromatic N) is 2. The molecule has 0 bridgehead atoms. The molecule has 1 aliphatic rings. The van der Waals surface area contributed by atoms with Crippen LogP contribution in [0.5, 0.6) is 0 Å². The summed E-state index contributed by atoms with van der Waals surface area (Å²) in [6, 6.07) is 0. The van der Waals surface area contributed by atoms with Crippen LogP contribution in [0.1, 0.15) is 13.8 Å². The molecule has 1 atom stereocenters. The van der Waals surface area contributed by atoms with Gasteiger partial charge in [0.05, 0.1) is 19.2 Å². The van der Waals surface area contributed by atoms with Crippen LogP contribution in [-0.4, -0.2) is 42.6 Å². The summed E-state index contributed by atoms with van der Waals surface area (Å²) in [5.41, 5.74) is 0. The molecule has 0 amide bonds. The average molecular weight is 198 g/mol. The van der Waals surface area contributed by atoms with Crippen molar-refractivity contribution in [3.63, 3.8) is 0 Å². The molecule has 1 unspecified atom stereocenters. The lowest BCUT2D eigenvalue weighted by Crippen LogP contribution is -2.31. The van der Waals surface area contributed by atoms with Crippen LogP contribution in [0.15, 0.2) is 12.4 Å². The van der Waals surface area contributed by atoms with Gasteiger partial charge in [-0.3, -0.25) is 4.79 Å². The fourth-order valence-corrected chi connectivity index (χ4v) is 1.42. The number of carbonyl (C=O) groups is 1. The number of esters is 1. The highest BCUT2D eigenvalue weighted by atomic mass is 16.5. The first-order valence-electron chi connectivity index (χ1n) is 4.92. The number of ether oxygens (including phenoxy) is 1. The zero-order chi connectivity index (χ0) is 10.6. The summed E-state index contributed by atoms with van der Waals surface area (Å²) in [7, 11) is 2.01. The number of hydrogen-bond donors (Lipinski definition) is 0. The molecule has 0 saturated heterocycles. The second kappa shape index (κ2) is 4.88. The molecule has 4 heteroatoms. The van der Waals surface area contributed by atoms with Crippen molar-refractivity contribution in [2.24, 2.45) is 5.92 Å². The Hall–Kier alpha value is -1.19. The summed E-state index contributed by atoms with van der Waals surface area (Å²) in [5, 5.41) is 0. The van der Waals surface area contributed by atoms with Crippen LogP contribution in [0.3, 0.4) is 0 Å². The van der Waals surface area contributed by atoms with Crippen LogP contribution in [0.4, 0.5) is 0 Å². The predicted molar refractivity (Wildman–Crippen MR) is 54.3 cm³/mol. The van der Waals surface area contributed by atoms with Crippen LogP contribution in [0, 0.1) is 5.92 Å². The lowest BCUT2D eigenvalue weighted by Gasteiger charge is -2.21. The zero-order valence-corrected chi connectivity index (χ0v) is 9.06. The van der Waals surface area contributed by atoms with Gasteiger partial charge in [-0.15, -0.1) is 0 Å². The van der Waals surface area contributed by atoms with Crippen molar-refractivity contribution in [2.45, 2.75) is 13.8 Å². The van der Waals surface area contributed by atoms with Gasteiger partial charge in [-0.05, 0) is 6.92 Å². The summed E-state index contributed by atoms with van der Waals surface area (Å²) in [4.78, 5) is 15.5. The Morgan fingerprint density at radius 1 is 1.57 bits per heavy atom. The molecule has 0 fully saturated rings. The second-order valence-corrected chi connectivity index (χ2v) is 3.62. The fraction of sp³-hybridized carbons (Fsp3) is 0.700. The van der Waals surface area contributed by atoms with Crippen LogP contribution in [0.2, 0.25) is 0 Å². The van der Waals surface area contributed by atoms with Crippen molar-refractivity contribution in [3.8, 4) is 0 Å². The molecule has 1 heterocycles. The number of carbonyl (C=O) groups excluding carboxylic acids is 1. The van der Waals surface area contributed by atoms with E-state index in [0.29, 0.717) is 6.61 Å². The molecule has 14 heavy (non-hydrogen) atoms. The number of rotatable bonds is 4. The molecule has 0 radical (unpaired) electrons. The molecule has 0 aromatic rings. The molecule has 0 aliphatic carbocycles. The van der Waals surface area contributed by atoms with E-state index < -0.39 is 0 Å². The predicted octanol–water partition coefficient (Wildman–Crippen LogP) is 0.862. The van der Waals surface area contributed by atoms with Gasteiger partial charge in [0.25, 0.3) is 0 Å². The quantitative estimate of drug-likeness (QED) is 0.627. The zero-order valence-electron chi connectivity index (χ0n) is 9.06. The molecule has 0 N–H and O–H groups in total. The van der Waals surface area contributed by atoms with Crippen molar-refractivity contribution in [3.05, 3.63) is 12.4 Å². The van der Waals surface area contributed by atoms with E-state index >= 15 is 0 Å². The third-order valence-corrected chi connectivity index (χ3v) is 2.13. The molecule has 0 saturated carbocycles. The van der Waals surface area contributed by atoms with Gasteiger partial charge in [-0.25, -0.2) is 0 Å². The van der Waals surface area contributed by atoms with Crippen molar-refractivity contribution in [1.82, 2.24) is 9.80 Å². The highest BCUT2D eigenvalue weighted by Crippen LogP contribution is 2.08. The molecular weight excluding hydrogens is 180 g/mol. The van der Waals surface area contributed by atoms with Gasteiger partial charge >= 0.3 is 5.97 Å². The molecule has 0 aromatic carbocycles. The van der Waals surface area contributed by atoms with Gasteiger partial charge in [0, 0.05) is 26.0 Å². The highest BCUT2D eigenvalue weighted by Gasteiger charge is 2.18. The van der Waals surface area contributed by atoms with Gasteiger partial charge in [0.15, 0.2) is 0 Å². The minimum absolute atomic E-state index is 0.0638. The minimum atomic E-state index is -0.115. The Balaban J connectivity index is 2.30. The van der Waals surface area contributed by atoms with E-state index in [1.165, 1.54) is 0 Å². The first kappa shape index (κ1) is 10.9. The fourth-order valence-electron chi connectivity index (χ4n) is 1.42. The van der Waals surface area contributed by atoms with Gasteiger partial charge in [0.2, 0.25) is 0 Å². The van der Waals surface area contributed by atoms with E-state index in [0.717, 1.165) is 13.2 Å². The largest absolute Gasteiger partial charge is 0.466 e. The van der Waals surface area contributed by atoms with Gasteiger partial charge in [-0.1, -0.05) is 6.92 Å². The summed E-state index contributed by atoms with van der Waals surface area (Å²) < 4.78 is 4.94. The molecule has 4 nitrogen and oxygen atoms in total. The Morgan fingerprint density at radius 3 is 2.79 bits per heavy atom. The van der Waals surface area contributed by atoms with E-state index in [1.54, 1.807) is 0 Å². The molecule has 1 rings (SSSR count). The maximum absolute atomic E-state index is 11.3. The molecule has 0 spiro atoms. The van der Waals surface area contributed by atoms with Crippen molar-refractivity contribution in [2.75, 3.05) is 26.9 Å². The summed E-state index contributed by atoms with van der Waals surface area (Å²) in [6.07, 6.45) is 3.99. The summed E-state index contributed by atoms with van der Waals surface area (Å²) in [5.74, 6) is -0.179. The van der Waals surface area contributed by atoms with Crippen LogP contribution in [0.25, 0.3) is 0 Å². The third kappa shape index (κ3) is 2.94. The third-order valence-electron chi connectivity index (χ3n) is 2.13. The van der Waals surface area contributed by atoms with E-state index in [1.807, 2.05) is 33.3 Å². The van der Waals surface area contributed by atoms with Crippen molar-refractivity contribution >= 4 is 5.97 Å². The van der Waals surface area contributed by atoms with E-state index in [-0.39, 0.29) is 11.9 Å². The molecular formula is C10H18N2O2. The molecule has 80 valence electrons. The first-order chi connectivity index (χ1) is 6.63. The Kier molecular flexibility index (Phi) is 3.80. The molecule has 0 aromatic heterocycles. The SMILES string of the molecule is CCOC(=O)C(C)CN1C=CN(C)C1. The average Bonchev–Trinajstić information content (AvgIpc) is 2.51. The number of hydrogen-bond acceptors (Lipinski definition) is 4. The van der Waals surface area contributed by atoms with Crippen LogP contribution < -0.4 is 0 Å².